The lowest BCUT2D eigenvalue weighted by Gasteiger charge is -1.98. The van der Waals surface area contributed by atoms with Crippen molar-refractivity contribution in [1.29, 1.82) is 0 Å². The topological polar surface area (TPSA) is 12.0 Å². The molecule has 0 radical (unpaired) electrons. The monoisotopic (exact) mass is 149 g/mol. The second-order valence-corrected chi connectivity index (χ2v) is 2.63. The molecular formula is C10H15N. The van der Waals surface area contributed by atoms with Gasteiger partial charge in [-0.25, -0.2) is 0 Å². The molecule has 0 aromatic carbocycles. The molecule has 11 heavy (non-hydrogen) atoms. The number of rotatable bonds is 2. The van der Waals surface area contributed by atoms with Crippen molar-refractivity contribution in [2.45, 2.75) is 19.8 Å². The largest absolute Gasteiger partial charge is 0.385 e. The smallest absolute Gasteiger partial charge is 0.0332 e. The third kappa shape index (κ3) is 1.97. The van der Waals surface area contributed by atoms with Crippen molar-refractivity contribution in [3.63, 3.8) is 0 Å². The lowest BCUT2D eigenvalue weighted by Crippen LogP contribution is -2.03. The summed E-state index contributed by atoms with van der Waals surface area (Å²) in [6.45, 7) is 6.91. The summed E-state index contributed by atoms with van der Waals surface area (Å²) in [6, 6.07) is 0. The SMILES string of the molecule is C=C/C=C1/CCN/C1=C/CC. The molecule has 0 amide bonds. The van der Waals surface area contributed by atoms with Crippen molar-refractivity contribution in [3.05, 3.63) is 36.1 Å². The summed E-state index contributed by atoms with van der Waals surface area (Å²) in [5.74, 6) is 0. The van der Waals surface area contributed by atoms with Crippen LogP contribution in [0.25, 0.3) is 0 Å². The Labute approximate surface area is 68.5 Å². The van der Waals surface area contributed by atoms with Crippen LogP contribution in [0.2, 0.25) is 0 Å². The minimum Gasteiger partial charge on any atom is -0.385 e. The predicted molar refractivity (Wildman–Crippen MR) is 49.3 cm³/mol. The van der Waals surface area contributed by atoms with Crippen molar-refractivity contribution >= 4 is 0 Å². The van der Waals surface area contributed by atoms with E-state index in [1.807, 2.05) is 6.08 Å². The van der Waals surface area contributed by atoms with E-state index in [0.717, 1.165) is 19.4 Å². The maximum absolute atomic E-state index is 3.69. The Hall–Kier alpha value is -0.980. The van der Waals surface area contributed by atoms with Gasteiger partial charge in [0.2, 0.25) is 0 Å². The average Bonchev–Trinajstić information content (AvgIpc) is 2.39. The molecule has 1 rings (SSSR count). The third-order valence-electron chi connectivity index (χ3n) is 1.78. The van der Waals surface area contributed by atoms with E-state index in [2.05, 4.69) is 31.0 Å². The Kier molecular flexibility index (Phi) is 2.96. The fraction of sp³-hybridized carbons (Fsp3) is 0.400. The van der Waals surface area contributed by atoms with E-state index in [1.165, 1.54) is 11.3 Å². The van der Waals surface area contributed by atoms with Gasteiger partial charge in [-0.3, -0.25) is 0 Å². The first-order valence-electron chi connectivity index (χ1n) is 4.14. The highest BCUT2D eigenvalue weighted by molar-refractivity contribution is 5.35. The Balaban J connectivity index is 2.72. The van der Waals surface area contributed by atoms with E-state index < -0.39 is 0 Å². The first-order chi connectivity index (χ1) is 5.38. The molecule has 1 heterocycles. The third-order valence-corrected chi connectivity index (χ3v) is 1.78. The van der Waals surface area contributed by atoms with Crippen molar-refractivity contribution in [2.75, 3.05) is 6.54 Å². The van der Waals surface area contributed by atoms with E-state index in [4.69, 9.17) is 0 Å². The average molecular weight is 149 g/mol. The Morgan fingerprint density at radius 1 is 1.64 bits per heavy atom. The maximum atomic E-state index is 3.69. The molecule has 0 aliphatic carbocycles. The van der Waals surface area contributed by atoms with Gasteiger partial charge in [0.1, 0.15) is 0 Å². The molecule has 1 saturated heterocycles. The maximum Gasteiger partial charge on any atom is 0.0332 e. The first-order valence-corrected chi connectivity index (χ1v) is 4.14. The van der Waals surface area contributed by atoms with Gasteiger partial charge in [-0.15, -0.1) is 0 Å². The van der Waals surface area contributed by atoms with E-state index >= 15 is 0 Å². The molecule has 1 N–H and O–H groups in total. The van der Waals surface area contributed by atoms with Gasteiger partial charge in [0.15, 0.2) is 0 Å². The summed E-state index contributed by atoms with van der Waals surface area (Å²) in [5.41, 5.74) is 2.69. The summed E-state index contributed by atoms with van der Waals surface area (Å²) >= 11 is 0. The lowest BCUT2D eigenvalue weighted by molar-refractivity contribution is 0.909. The zero-order valence-corrected chi connectivity index (χ0v) is 7.06. The van der Waals surface area contributed by atoms with Crippen molar-refractivity contribution in [1.82, 2.24) is 5.32 Å². The molecule has 0 aromatic heterocycles. The fourth-order valence-electron chi connectivity index (χ4n) is 1.30. The fourth-order valence-corrected chi connectivity index (χ4v) is 1.30. The van der Waals surface area contributed by atoms with Gasteiger partial charge >= 0.3 is 0 Å². The number of allylic oxidation sites excluding steroid dienone is 4. The second-order valence-electron chi connectivity index (χ2n) is 2.63. The minimum atomic E-state index is 1.07. The Bertz CT molecular complexity index is 199. The first kappa shape index (κ1) is 8.12. The zero-order chi connectivity index (χ0) is 8.10. The van der Waals surface area contributed by atoms with E-state index in [-0.39, 0.29) is 0 Å². The highest BCUT2D eigenvalue weighted by Gasteiger charge is 2.09. The van der Waals surface area contributed by atoms with Gasteiger partial charge in [0, 0.05) is 12.2 Å². The normalized spacial score (nSPS) is 24.1. The molecule has 0 saturated carbocycles. The van der Waals surface area contributed by atoms with Crippen LogP contribution in [-0.2, 0) is 0 Å². The molecule has 1 aliphatic heterocycles. The number of hydrogen-bond donors (Lipinski definition) is 1. The standard InChI is InChI=1S/C10H15N/c1-3-5-9-7-8-11-10(9)6-4-2/h3,5-6,11H,1,4,7-8H2,2H3/b9-5-,10-6+. The van der Waals surface area contributed by atoms with Crippen LogP contribution in [0.15, 0.2) is 36.1 Å². The van der Waals surface area contributed by atoms with Crippen LogP contribution in [0.5, 0.6) is 0 Å². The van der Waals surface area contributed by atoms with Gasteiger partial charge in [0.25, 0.3) is 0 Å². The Morgan fingerprint density at radius 3 is 3.09 bits per heavy atom. The zero-order valence-electron chi connectivity index (χ0n) is 7.06. The van der Waals surface area contributed by atoms with Crippen LogP contribution in [0.3, 0.4) is 0 Å². The summed E-state index contributed by atoms with van der Waals surface area (Å²) in [6.07, 6.45) is 8.39. The molecule has 0 spiro atoms. The van der Waals surface area contributed by atoms with Crippen molar-refractivity contribution < 1.29 is 0 Å². The van der Waals surface area contributed by atoms with Crippen LogP contribution >= 0.6 is 0 Å². The molecule has 0 aromatic rings. The van der Waals surface area contributed by atoms with Gasteiger partial charge in [-0.05, 0) is 18.4 Å². The molecule has 1 aliphatic rings. The van der Waals surface area contributed by atoms with Crippen LogP contribution in [0, 0.1) is 0 Å². The summed E-state index contributed by atoms with van der Waals surface area (Å²) in [7, 11) is 0. The van der Waals surface area contributed by atoms with Crippen molar-refractivity contribution in [2.24, 2.45) is 0 Å². The van der Waals surface area contributed by atoms with Crippen LogP contribution in [0.4, 0.5) is 0 Å². The molecule has 0 bridgehead atoms. The minimum absolute atomic E-state index is 1.07. The lowest BCUT2D eigenvalue weighted by atomic mass is 10.1. The second kappa shape index (κ2) is 4.02. The van der Waals surface area contributed by atoms with E-state index in [1.54, 1.807) is 0 Å². The Morgan fingerprint density at radius 2 is 2.45 bits per heavy atom. The van der Waals surface area contributed by atoms with Gasteiger partial charge in [-0.1, -0.05) is 31.7 Å². The van der Waals surface area contributed by atoms with Gasteiger partial charge < -0.3 is 5.32 Å². The molecule has 1 heteroatoms. The molecular weight excluding hydrogens is 134 g/mol. The molecule has 60 valence electrons. The van der Waals surface area contributed by atoms with E-state index in [0.29, 0.717) is 0 Å². The van der Waals surface area contributed by atoms with Gasteiger partial charge in [-0.2, -0.15) is 0 Å². The highest BCUT2D eigenvalue weighted by atomic mass is 14.9. The van der Waals surface area contributed by atoms with Gasteiger partial charge in [0.05, 0.1) is 0 Å². The number of nitrogens with one attached hydrogen (secondary N) is 1. The molecule has 0 unspecified atom stereocenters. The molecule has 1 nitrogen and oxygen atoms in total. The molecule has 0 atom stereocenters. The van der Waals surface area contributed by atoms with Crippen LogP contribution in [0.1, 0.15) is 19.8 Å². The summed E-state index contributed by atoms with van der Waals surface area (Å²) in [4.78, 5) is 0. The predicted octanol–water partition coefficient (Wildman–Crippen LogP) is 2.39. The highest BCUT2D eigenvalue weighted by Crippen LogP contribution is 2.17. The van der Waals surface area contributed by atoms with E-state index in [9.17, 15) is 0 Å². The van der Waals surface area contributed by atoms with Crippen LogP contribution in [-0.4, -0.2) is 6.54 Å². The molecule has 1 fully saturated rings. The summed E-state index contributed by atoms with van der Waals surface area (Å²) < 4.78 is 0. The number of hydrogen-bond acceptors (Lipinski definition) is 1. The summed E-state index contributed by atoms with van der Waals surface area (Å²) in [5, 5.41) is 3.34. The van der Waals surface area contributed by atoms with Crippen molar-refractivity contribution in [3.8, 4) is 0 Å². The van der Waals surface area contributed by atoms with Crippen LogP contribution < -0.4 is 5.32 Å². The quantitative estimate of drug-likeness (QED) is 0.635.